The summed E-state index contributed by atoms with van der Waals surface area (Å²) in [4.78, 5) is 15.2. The first kappa shape index (κ1) is 29.2. The lowest BCUT2D eigenvalue weighted by Gasteiger charge is -2.26. The molecule has 1 aliphatic rings. The Hall–Kier alpha value is -3.04. The molecule has 1 heterocycles. The summed E-state index contributed by atoms with van der Waals surface area (Å²) in [5.41, 5.74) is 6.67. The summed E-state index contributed by atoms with van der Waals surface area (Å²) in [6, 6.07) is 8.51. The third-order valence-corrected chi connectivity index (χ3v) is 5.81. The summed E-state index contributed by atoms with van der Waals surface area (Å²) in [5.74, 6) is -0.904. The fraction of sp³-hybridized carbons (Fsp3) is 0.462. The van der Waals surface area contributed by atoms with Crippen LogP contribution in [0, 0.1) is 11.2 Å². The number of hydrogen-bond donors (Lipinski definition) is 3. The summed E-state index contributed by atoms with van der Waals surface area (Å²) in [6.45, 7) is 7.12. The molecule has 4 N–H and O–H groups in total. The van der Waals surface area contributed by atoms with Crippen LogP contribution in [0.25, 0.3) is 0 Å². The quantitative estimate of drug-likeness (QED) is 0.214. The number of amidine groups is 1. The van der Waals surface area contributed by atoms with Crippen molar-refractivity contribution in [2.24, 2.45) is 5.73 Å². The number of benzene rings is 2. The van der Waals surface area contributed by atoms with Crippen molar-refractivity contribution in [2.75, 3.05) is 44.8 Å². The van der Waals surface area contributed by atoms with Crippen LogP contribution in [0.3, 0.4) is 0 Å². The highest BCUT2D eigenvalue weighted by molar-refractivity contribution is 5.95. The maximum absolute atomic E-state index is 15.7. The lowest BCUT2D eigenvalue weighted by Crippen LogP contribution is -2.33. The second kappa shape index (κ2) is 14.5. The van der Waals surface area contributed by atoms with E-state index in [9.17, 15) is 4.79 Å². The van der Waals surface area contributed by atoms with Crippen LogP contribution in [-0.2, 0) is 9.53 Å². The minimum absolute atomic E-state index is 0. The van der Waals surface area contributed by atoms with E-state index in [1.165, 1.54) is 31.4 Å². The normalized spacial score (nSPS) is 14.3. The molecule has 10 heteroatoms. The van der Waals surface area contributed by atoms with Crippen molar-refractivity contribution in [3.05, 3.63) is 53.3 Å². The number of hydrogen-bond acceptors (Lipinski definition) is 7. The molecule has 1 unspecified atom stereocenters. The average molecular weight is 523 g/mol. The van der Waals surface area contributed by atoms with Crippen molar-refractivity contribution in [2.45, 2.75) is 39.2 Å². The molecular weight excluding hydrogens is 487 g/mol. The van der Waals surface area contributed by atoms with E-state index >= 15 is 4.39 Å². The van der Waals surface area contributed by atoms with E-state index in [1.54, 1.807) is 31.2 Å². The van der Waals surface area contributed by atoms with Gasteiger partial charge in [0.25, 0.3) is 0 Å². The minimum Gasteiger partial charge on any atom is -0.494 e. The van der Waals surface area contributed by atoms with Crippen LogP contribution in [0.1, 0.15) is 50.3 Å². The summed E-state index contributed by atoms with van der Waals surface area (Å²) in [6.07, 6.45) is 3.57. The summed E-state index contributed by atoms with van der Waals surface area (Å²) in [5, 5.41) is 10.6. The molecule has 1 fully saturated rings. The predicted octanol–water partition coefficient (Wildman–Crippen LogP) is 4.51. The highest BCUT2D eigenvalue weighted by Crippen LogP contribution is 2.34. The van der Waals surface area contributed by atoms with Crippen LogP contribution in [0.15, 0.2) is 36.4 Å². The van der Waals surface area contributed by atoms with E-state index in [2.05, 4.69) is 10.2 Å². The van der Waals surface area contributed by atoms with Crippen LogP contribution < -0.4 is 20.5 Å². The zero-order chi connectivity index (χ0) is 25.2. The standard InChI is InChI=1S/C26H35FN4O4.ClH/c1-3-33-20-16-21(23(27)22(17-20)35-15-14-31-12-6-5-7-13-31)24(26(32)34-4-2)30-19-10-8-18(9-11-19)25(28)29;/h8-11,16-17,24,30H,3-7,12-15H2,1-2H3,(H3,28,29);1H. The van der Waals surface area contributed by atoms with Gasteiger partial charge >= 0.3 is 5.97 Å². The van der Waals surface area contributed by atoms with Crippen molar-refractivity contribution in [3.8, 4) is 11.5 Å². The van der Waals surface area contributed by atoms with E-state index in [0.29, 0.717) is 36.8 Å². The lowest BCUT2D eigenvalue weighted by molar-refractivity contribution is -0.144. The number of carbonyl (C=O) groups excluding carboxylic acids is 1. The molecular formula is C26H36ClFN4O4. The third kappa shape index (κ3) is 7.99. The van der Waals surface area contributed by atoms with Gasteiger partial charge in [0, 0.05) is 29.4 Å². The van der Waals surface area contributed by atoms with Gasteiger partial charge in [-0.05, 0) is 70.1 Å². The van der Waals surface area contributed by atoms with Gasteiger partial charge in [-0.2, -0.15) is 0 Å². The molecule has 1 aliphatic heterocycles. The van der Waals surface area contributed by atoms with E-state index in [-0.39, 0.29) is 36.2 Å². The van der Waals surface area contributed by atoms with Gasteiger partial charge < -0.3 is 25.3 Å². The molecule has 0 saturated carbocycles. The maximum Gasteiger partial charge on any atom is 0.333 e. The summed E-state index contributed by atoms with van der Waals surface area (Å²) < 4.78 is 32.4. The number of piperidine rings is 1. The molecule has 0 amide bonds. The van der Waals surface area contributed by atoms with Crippen LogP contribution in [0.5, 0.6) is 11.5 Å². The van der Waals surface area contributed by atoms with Crippen LogP contribution in [0.2, 0.25) is 0 Å². The molecule has 0 aromatic heterocycles. The topological polar surface area (TPSA) is 110 Å². The fourth-order valence-corrected chi connectivity index (χ4v) is 4.03. The largest absolute Gasteiger partial charge is 0.494 e. The molecule has 36 heavy (non-hydrogen) atoms. The average Bonchev–Trinajstić information content (AvgIpc) is 2.85. The number of nitrogen functional groups attached to an aromatic ring is 1. The number of rotatable bonds is 12. The first-order valence-corrected chi connectivity index (χ1v) is 12.1. The van der Waals surface area contributed by atoms with Crippen LogP contribution in [0.4, 0.5) is 10.1 Å². The number of nitrogens with one attached hydrogen (secondary N) is 2. The van der Waals surface area contributed by atoms with Gasteiger partial charge in [0.05, 0.1) is 13.2 Å². The Balaban J connectivity index is 0.00000456. The Bertz CT molecular complexity index is 1000. The number of carbonyl (C=O) groups is 1. The Morgan fingerprint density at radius 1 is 1.11 bits per heavy atom. The number of anilines is 1. The monoisotopic (exact) mass is 522 g/mol. The smallest absolute Gasteiger partial charge is 0.333 e. The van der Waals surface area contributed by atoms with Gasteiger partial charge in [-0.25, -0.2) is 9.18 Å². The molecule has 2 aromatic carbocycles. The fourth-order valence-electron chi connectivity index (χ4n) is 4.03. The first-order chi connectivity index (χ1) is 16.9. The SMILES string of the molecule is CCOC(=O)C(Nc1ccc(C(=N)N)cc1)c1cc(OCC)cc(OCCN2CCCCC2)c1F.Cl. The van der Waals surface area contributed by atoms with Crippen molar-refractivity contribution in [3.63, 3.8) is 0 Å². The molecule has 1 atom stereocenters. The molecule has 198 valence electrons. The van der Waals surface area contributed by atoms with E-state index in [0.717, 1.165) is 13.1 Å². The molecule has 3 rings (SSSR count). The summed E-state index contributed by atoms with van der Waals surface area (Å²) in [7, 11) is 0. The molecule has 8 nitrogen and oxygen atoms in total. The molecule has 1 saturated heterocycles. The van der Waals surface area contributed by atoms with Gasteiger partial charge in [-0.1, -0.05) is 6.42 Å². The van der Waals surface area contributed by atoms with Gasteiger partial charge in [0.2, 0.25) is 0 Å². The predicted molar refractivity (Wildman–Crippen MR) is 141 cm³/mol. The molecule has 2 aromatic rings. The molecule has 0 bridgehead atoms. The summed E-state index contributed by atoms with van der Waals surface area (Å²) >= 11 is 0. The number of nitrogens with zero attached hydrogens (tertiary/aromatic N) is 1. The number of ether oxygens (including phenoxy) is 3. The van der Waals surface area contributed by atoms with Gasteiger partial charge in [0.1, 0.15) is 18.2 Å². The lowest BCUT2D eigenvalue weighted by atomic mass is 10.0. The van der Waals surface area contributed by atoms with Gasteiger partial charge in [-0.3, -0.25) is 10.3 Å². The number of esters is 1. The minimum atomic E-state index is -1.14. The number of likely N-dealkylation sites (tertiary alicyclic amines) is 1. The highest BCUT2D eigenvalue weighted by atomic mass is 35.5. The van der Waals surface area contributed by atoms with Crippen molar-refractivity contribution in [1.29, 1.82) is 5.41 Å². The maximum atomic E-state index is 15.7. The zero-order valence-electron chi connectivity index (χ0n) is 20.8. The van der Waals surface area contributed by atoms with Crippen LogP contribution >= 0.6 is 12.4 Å². The Morgan fingerprint density at radius 3 is 2.42 bits per heavy atom. The molecule has 0 radical (unpaired) electrons. The second-order valence-corrected chi connectivity index (χ2v) is 8.33. The van der Waals surface area contributed by atoms with Crippen LogP contribution in [-0.4, -0.2) is 56.2 Å². The first-order valence-electron chi connectivity index (χ1n) is 12.1. The third-order valence-electron chi connectivity index (χ3n) is 5.81. The Morgan fingerprint density at radius 2 is 1.81 bits per heavy atom. The number of halogens is 2. The van der Waals surface area contributed by atoms with Crippen molar-refractivity contribution >= 4 is 29.9 Å². The zero-order valence-corrected chi connectivity index (χ0v) is 21.7. The molecule has 0 spiro atoms. The Labute approximate surface area is 218 Å². The van der Waals surface area contributed by atoms with E-state index in [4.69, 9.17) is 25.4 Å². The van der Waals surface area contributed by atoms with Gasteiger partial charge in [0.15, 0.2) is 17.6 Å². The highest BCUT2D eigenvalue weighted by Gasteiger charge is 2.28. The van der Waals surface area contributed by atoms with E-state index in [1.807, 2.05) is 6.92 Å². The van der Waals surface area contributed by atoms with Gasteiger partial charge in [-0.15, -0.1) is 12.4 Å². The van der Waals surface area contributed by atoms with Crippen molar-refractivity contribution < 1.29 is 23.4 Å². The van der Waals surface area contributed by atoms with Crippen molar-refractivity contribution in [1.82, 2.24) is 4.90 Å². The number of nitrogens with two attached hydrogens (primary N) is 1. The Kier molecular flexibility index (Phi) is 11.8. The van der Waals surface area contributed by atoms with E-state index < -0.39 is 17.8 Å². The second-order valence-electron chi connectivity index (χ2n) is 8.33. The molecule has 0 aliphatic carbocycles.